The van der Waals surface area contributed by atoms with Crippen molar-refractivity contribution in [3.05, 3.63) is 23.8 Å². The number of anilines is 1. The summed E-state index contributed by atoms with van der Waals surface area (Å²) in [7, 11) is 0. The minimum atomic E-state index is 0.632. The molecule has 0 amide bonds. The number of nitrogens with two attached hydrogens (primary N) is 1. The van der Waals surface area contributed by atoms with Crippen molar-refractivity contribution in [3.8, 4) is 0 Å². The fraction of sp³-hybridized carbons (Fsp3) is 0.417. The van der Waals surface area contributed by atoms with Crippen LogP contribution in [-0.4, -0.2) is 9.55 Å². The zero-order chi connectivity index (χ0) is 10.8. The lowest BCUT2D eigenvalue weighted by Crippen LogP contribution is -2.02. The van der Waals surface area contributed by atoms with Gasteiger partial charge in [0.15, 0.2) is 0 Å². The van der Waals surface area contributed by atoms with Gasteiger partial charge in [-0.3, -0.25) is 0 Å². The van der Waals surface area contributed by atoms with Gasteiger partial charge in [-0.2, -0.15) is 0 Å². The molecule has 0 atom stereocenters. The van der Waals surface area contributed by atoms with E-state index in [1.54, 1.807) is 0 Å². The fourth-order valence-corrected chi connectivity index (χ4v) is 1.86. The van der Waals surface area contributed by atoms with Crippen LogP contribution in [0.1, 0.15) is 25.3 Å². The Morgan fingerprint density at radius 2 is 2.20 bits per heavy atom. The topological polar surface area (TPSA) is 43.8 Å². The molecule has 1 heterocycles. The van der Waals surface area contributed by atoms with Crippen molar-refractivity contribution in [1.29, 1.82) is 0 Å². The maximum atomic E-state index is 5.91. The highest BCUT2D eigenvalue weighted by Crippen LogP contribution is 2.21. The van der Waals surface area contributed by atoms with Gasteiger partial charge in [-0.15, -0.1) is 0 Å². The molecule has 0 saturated carbocycles. The first kappa shape index (κ1) is 10.0. The van der Waals surface area contributed by atoms with Crippen molar-refractivity contribution in [1.82, 2.24) is 9.55 Å². The second-order valence-electron chi connectivity index (χ2n) is 3.92. The highest BCUT2D eigenvalue weighted by atomic mass is 15.1. The highest BCUT2D eigenvalue weighted by Gasteiger charge is 2.08. The molecule has 3 heteroatoms. The van der Waals surface area contributed by atoms with E-state index in [4.69, 9.17) is 5.73 Å². The molecule has 0 aliphatic heterocycles. The van der Waals surface area contributed by atoms with E-state index in [2.05, 4.69) is 41.6 Å². The molecular weight excluding hydrogens is 186 g/mol. The smallest absolute Gasteiger partial charge is 0.201 e. The number of fused-ring (bicyclic) bond motifs is 1. The maximum Gasteiger partial charge on any atom is 0.201 e. The molecular formula is C12H17N3. The lowest BCUT2D eigenvalue weighted by molar-refractivity contribution is 0.653. The summed E-state index contributed by atoms with van der Waals surface area (Å²) in [5, 5.41) is 0. The number of hydrogen-bond donors (Lipinski definition) is 1. The van der Waals surface area contributed by atoms with Crippen molar-refractivity contribution in [2.75, 3.05) is 5.73 Å². The first-order valence-corrected chi connectivity index (χ1v) is 5.45. The zero-order valence-corrected chi connectivity index (χ0v) is 9.33. The molecule has 3 nitrogen and oxygen atoms in total. The number of aromatic nitrogens is 2. The summed E-state index contributed by atoms with van der Waals surface area (Å²) in [6, 6.07) is 6.21. The number of hydrogen-bond acceptors (Lipinski definition) is 2. The van der Waals surface area contributed by atoms with Gasteiger partial charge in [-0.1, -0.05) is 25.5 Å². The number of imidazole rings is 1. The largest absolute Gasteiger partial charge is 0.369 e. The molecule has 2 rings (SSSR count). The Labute approximate surface area is 89.9 Å². The number of rotatable bonds is 3. The van der Waals surface area contributed by atoms with E-state index in [1.165, 1.54) is 12.0 Å². The lowest BCUT2D eigenvalue weighted by Gasteiger charge is -2.04. The van der Waals surface area contributed by atoms with Gasteiger partial charge in [0.2, 0.25) is 5.95 Å². The molecule has 15 heavy (non-hydrogen) atoms. The standard InChI is InChI=1S/C12H17N3/c1-3-4-8-15-10-7-5-6-9(2)11(10)14-12(15)13/h5-7H,3-4,8H2,1-2H3,(H2,13,14). The molecule has 0 saturated heterocycles. The fourth-order valence-electron chi connectivity index (χ4n) is 1.86. The SMILES string of the molecule is CCCCn1c(N)nc2c(C)cccc21. The Morgan fingerprint density at radius 1 is 1.40 bits per heavy atom. The summed E-state index contributed by atoms with van der Waals surface area (Å²) in [5.74, 6) is 0.632. The molecule has 80 valence electrons. The van der Waals surface area contributed by atoms with Crippen molar-refractivity contribution in [3.63, 3.8) is 0 Å². The van der Waals surface area contributed by atoms with Crippen LogP contribution in [0.3, 0.4) is 0 Å². The first-order valence-electron chi connectivity index (χ1n) is 5.45. The van der Waals surface area contributed by atoms with Crippen LogP contribution >= 0.6 is 0 Å². The minimum Gasteiger partial charge on any atom is -0.369 e. The maximum absolute atomic E-state index is 5.91. The third-order valence-corrected chi connectivity index (χ3v) is 2.75. The van der Waals surface area contributed by atoms with Crippen molar-refractivity contribution in [2.24, 2.45) is 0 Å². The first-order chi connectivity index (χ1) is 7.24. The molecule has 0 aliphatic carbocycles. The van der Waals surface area contributed by atoms with Crippen LogP contribution in [0.2, 0.25) is 0 Å². The van der Waals surface area contributed by atoms with E-state index in [0.717, 1.165) is 24.0 Å². The Hall–Kier alpha value is -1.51. The normalized spacial score (nSPS) is 11.1. The van der Waals surface area contributed by atoms with Gasteiger partial charge in [0, 0.05) is 6.54 Å². The van der Waals surface area contributed by atoms with Crippen LogP contribution in [-0.2, 0) is 6.54 Å². The lowest BCUT2D eigenvalue weighted by atomic mass is 10.2. The van der Waals surface area contributed by atoms with Gasteiger partial charge in [-0.25, -0.2) is 4.98 Å². The van der Waals surface area contributed by atoms with Gasteiger partial charge in [0.1, 0.15) is 0 Å². The van der Waals surface area contributed by atoms with Crippen molar-refractivity contribution >= 4 is 17.0 Å². The predicted molar refractivity (Wildman–Crippen MR) is 63.8 cm³/mol. The minimum absolute atomic E-state index is 0.632. The van der Waals surface area contributed by atoms with E-state index in [-0.39, 0.29) is 0 Å². The van der Waals surface area contributed by atoms with E-state index in [1.807, 2.05) is 0 Å². The quantitative estimate of drug-likeness (QED) is 0.833. The summed E-state index contributed by atoms with van der Waals surface area (Å²) in [6.45, 7) is 5.21. The summed E-state index contributed by atoms with van der Waals surface area (Å²) in [4.78, 5) is 4.41. The highest BCUT2D eigenvalue weighted by molar-refractivity contribution is 5.81. The number of nitrogens with zero attached hydrogens (tertiary/aromatic N) is 2. The van der Waals surface area contributed by atoms with E-state index in [9.17, 15) is 0 Å². The van der Waals surface area contributed by atoms with E-state index < -0.39 is 0 Å². The number of nitrogen functional groups attached to an aromatic ring is 1. The van der Waals surface area contributed by atoms with E-state index >= 15 is 0 Å². The molecule has 0 spiro atoms. The van der Waals surface area contributed by atoms with Gasteiger partial charge < -0.3 is 10.3 Å². The summed E-state index contributed by atoms with van der Waals surface area (Å²) in [6.07, 6.45) is 2.31. The average Bonchev–Trinajstić information content (AvgIpc) is 2.54. The molecule has 0 fully saturated rings. The van der Waals surface area contributed by atoms with Crippen LogP contribution in [0.4, 0.5) is 5.95 Å². The van der Waals surface area contributed by atoms with Crippen molar-refractivity contribution in [2.45, 2.75) is 33.2 Å². The molecule has 2 N–H and O–H groups in total. The van der Waals surface area contributed by atoms with Crippen LogP contribution in [0.5, 0.6) is 0 Å². The second kappa shape index (κ2) is 3.93. The molecule has 0 aliphatic rings. The third-order valence-electron chi connectivity index (χ3n) is 2.75. The Bertz CT molecular complexity index is 471. The van der Waals surface area contributed by atoms with Crippen LogP contribution in [0.15, 0.2) is 18.2 Å². The van der Waals surface area contributed by atoms with Crippen molar-refractivity contribution < 1.29 is 0 Å². The number of benzene rings is 1. The monoisotopic (exact) mass is 203 g/mol. The van der Waals surface area contributed by atoms with Crippen LogP contribution < -0.4 is 5.73 Å². The molecule has 0 bridgehead atoms. The molecule has 0 radical (unpaired) electrons. The van der Waals surface area contributed by atoms with Crippen LogP contribution in [0, 0.1) is 6.92 Å². The summed E-state index contributed by atoms with van der Waals surface area (Å²) < 4.78 is 2.10. The Balaban J connectivity index is 2.53. The van der Waals surface area contributed by atoms with E-state index in [0.29, 0.717) is 5.95 Å². The molecule has 0 unspecified atom stereocenters. The molecule has 2 aromatic rings. The molecule has 1 aromatic heterocycles. The van der Waals surface area contributed by atoms with Gasteiger partial charge in [-0.05, 0) is 25.0 Å². The average molecular weight is 203 g/mol. The van der Waals surface area contributed by atoms with Crippen LogP contribution in [0.25, 0.3) is 11.0 Å². The Morgan fingerprint density at radius 3 is 2.93 bits per heavy atom. The van der Waals surface area contributed by atoms with Gasteiger partial charge in [0.25, 0.3) is 0 Å². The van der Waals surface area contributed by atoms with Gasteiger partial charge in [0.05, 0.1) is 11.0 Å². The second-order valence-corrected chi connectivity index (χ2v) is 3.92. The third kappa shape index (κ3) is 1.69. The Kier molecular flexibility index (Phi) is 2.62. The van der Waals surface area contributed by atoms with Gasteiger partial charge >= 0.3 is 0 Å². The predicted octanol–water partition coefficient (Wildman–Crippen LogP) is 2.73. The summed E-state index contributed by atoms with van der Waals surface area (Å²) >= 11 is 0. The zero-order valence-electron chi connectivity index (χ0n) is 9.33. The number of aryl methyl sites for hydroxylation is 2. The number of para-hydroxylation sites is 1. The molecule has 1 aromatic carbocycles. The summed E-state index contributed by atoms with van der Waals surface area (Å²) in [5.41, 5.74) is 9.29. The number of unbranched alkanes of at least 4 members (excludes halogenated alkanes) is 1.